The summed E-state index contributed by atoms with van der Waals surface area (Å²) in [5.41, 5.74) is 0.822. The Morgan fingerprint density at radius 2 is 1.95 bits per heavy atom. The molecule has 2 heterocycles. The second-order valence-electron chi connectivity index (χ2n) is 4.71. The highest BCUT2D eigenvalue weighted by Gasteiger charge is 2.18. The van der Waals surface area contributed by atoms with Gasteiger partial charge in [-0.15, -0.1) is 11.3 Å². The first kappa shape index (κ1) is 13.9. The Labute approximate surface area is 130 Å². The van der Waals surface area contributed by atoms with Gasteiger partial charge in [0.2, 0.25) is 0 Å². The molecular formula is C15H15BrO3S. The van der Waals surface area contributed by atoms with Gasteiger partial charge in [-0.25, -0.2) is 0 Å². The maximum absolute atomic E-state index is 10.5. The molecule has 1 unspecified atom stereocenters. The van der Waals surface area contributed by atoms with E-state index in [9.17, 15) is 5.11 Å². The van der Waals surface area contributed by atoms with Gasteiger partial charge >= 0.3 is 0 Å². The van der Waals surface area contributed by atoms with Crippen LogP contribution in [0.15, 0.2) is 28.7 Å². The molecule has 1 aromatic heterocycles. The van der Waals surface area contributed by atoms with Crippen molar-refractivity contribution in [2.45, 2.75) is 19.4 Å². The van der Waals surface area contributed by atoms with Gasteiger partial charge < -0.3 is 14.6 Å². The monoisotopic (exact) mass is 354 g/mol. The number of thiophene rings is 1. The minimum atomic E-state index is -0.637. The lowest BCUT2D eigenvalue weighted by atomic mass is 10.1. The summed E-state index contributed by atoms with van der Waals surface area (Å²) in [7, 11) is 0. The zero-order chi connectivity index (χ0) is 14.1. The molecule has 1 atom stereocenters. The molecule has 20 heavy (non-hydrogen) atoms. The molecule has 2 aromatic rings. The van der Waals surface area contributed by atoms with E-state index in [0.29, 0.717) is 19.0 Å². The highest BCUT2D eigenvalue weighted by Crippen LogP contribution is 2.37. The third-order valence-corrected chi connectivity index (χ3v) is 5.42. The first-order valence-electron chi connectivity index (χ1n) is 6.48. The molecule has 0 saturated heterocycles. The summed E-state index contributed by atoms with van der Waals surface area (Å²) < 4.78 is 12.3. The largest absolute Gasteiger partial charge is 0.490 e. The Hall–Kier alpha value is -1.04. The number of ether oxygens (including phenoxy) is 2. The Morgan fingerprint density at radius 1 is 1.20 bits per heavy atom. The third-order valence-electron chi connectivity index (χ3n) is 3.23. The fourth-order valence-electron chi connectivity index (χ4n) is 2.13. The smallest absolute Gasteiger partial charge is 0.161 e. The summed E-state index contributed by atoms with van der Waals surface area (Å²) in [5.74, 6) is 1.47. The van der Waals surface area contributed by atoms with Crippen molar-refractivity contribution in [3.05, 3.63) is 44.1 Å². The number of aryl methyl sites for hydroxylation is 1. The number of benzene rings is 1. The Balaban J connectivity index is 1.92. The number of hydrogen-bond acceptors (Lipinski definition) is 4. The van der Waals surface area contributed by atoms with Gasteiger partial charge in [0, 0.05) is 20.6 Å². The van der Waals surface area contributed by atoms with E-state index in [1.165, 1.54) is 0 Å². The van der Waals surface area contributed by atoms with E-state index < -0.39 is 6.10 Å². The topological polar surface area (TPSA) is 38.7 Å². The second-order valence-corrected chi connectivity index (χ2v) is 6.85. The van der Waals surface area contributed by atoms with Gasteiger partial charge in [0.15, 0.2) is 11.5 Å². The van der Waals surface area contributed by atoms with E-state index in [4.69, 9.17) is 9.47 Å². The summed E-state index contributed by atoms with van der Waals surface area (Å²) in [4.78, 5) is 2.08. The van der Waals surface area contributed by atoms with Crippen LogP contribution in [0, 0.1) is 6.92 Å². The van der Waals surface area contributed by atoms with Gasteiger partial charge in [-0.05, 0) is 46.6 Å². The number of halogens is 1. The van der Waals surface area contributed by atoms with E-state index in [2.05, 4.69) is 15.9 Å². The summed E-state index contributed by atoms with van der Waals surface area (Å²) in [6, 6.07) is 7.60. The molecule has 0 radical (unpaired) electrons. The average molecular weight is 355 g/mol. The molecule has 3 rings (SSSR count). The predicted molar refractivity (Wildman–Crippen MR) is 82.9 cm³/mol. The van der Waals surface area contributed by atoms with Gasteiger partial charge in [0.1, 0.15) is 6.10 Å². The molecule has 3 nitrogen and oxygen atoms in total. The maximum Gasteiger partial charge on any atom is 0.161 e. The van der Waals surface area contributed by atoms with Gasteiger partial charge in [-0.3, -0.25) is 0 Å². The van der Waals surface area contributed by atoms with Crippen LogP contribution in [0.5, 0.6) is 11.5 Å². The van der Waals surface area contributed by atoms with E-state index in [1.807, 2.05) is 31.2 Å². The van der Waals surface area contributed by atoms with Crippen molar-refractivity contribution in [1.29, 1.82) is 0 Å². The van der Waals surface area contributed by atoms with Gasteiger partial charge in [-0.2, -0.15) is 0 Å². The molecule has 0 aliphatic carbocycles. The number of fused-ring (bicyclic) bond motifs is 1. The van der Waals surface area contributed by atoms with E-state index in [1.54, 1.807) is 11.3 Å². The number of rotatable bonds is 2. The van der Waals surface area contributed by atoms with Crippen molar-refractivity contribution in [1.82, 2.24) is 0 Å². The Bertz CT molecular complexity index is 604. The van der Waals surface area contributed by atoms with E-state index in [0.717, 1.165) is 32.0 Å². The third kappa shape index (κ3) is 2.71. The molecule has 1 N–H and O–H groups in total. The minimum absolute atomic E-state index is 0.637. The lowest BCUT2D eigenvalue weighted by Gasteiger charge is -2.13. The first-order valence-corrected chi connectivity index (χ1v) is 8.09. The SMILES string of the molecule is Cc1sc(C(O)c2ccc3c(c2)OCCCO3)cc1Br. The molecule has 5 heteroatoms. The normalized spacial score (nSPS) is 15.8. The second kappa shape index (κ2) is 5.76. The fraction of sp³-hybridized carbons (Fsp3) is 0.333. The Kier molecular flexibility index (Phi) is 4.01. The molecule has 106 valence electrons. The summed E-state index contributed by atoms with van der Waals surface area (Å²) >= 11 is 5.07. The summed E-state index contributed by atoms with van der Waals surface area (Å²) in [6.45, 7) is 3.35. The number of hydrogen-bond donors (Lipinski definition) is 1. The number of aliphatic hydroxyl groups is 1. The zero-order valence-corrected chi connectivity index (χ0v) is 13.5. The van der Waals surface area contributed by atoms with Crippen LogP contribution in [0.3, 0.4) is 0 Å². The fourth-order valence-corrected chi connectivity index (χ4v) is 3.71. The van der Waals surface area contributed by atoms with Crippen molar-refractivity contribution in [3.8, 4) is 11.5 Å². The van der Waals surface area contributed by atoms with Crippen LogP contribution in [0.1, 0.15) is 27.8 Å². The molecule has 0 saturated carbocycles. The molecule has 1 aliphatic rings. The summed E-state index contributed by atoms with van der Waals surface area (Å²) in [6.07, 6.45) is 0.242. The van der Waals surface area contributed by atoms with Crippen molar-refractivity contribution in [2.75, 3.05) is 13.2 Å². The van der Waals surface area contributed by atoms with Crippen molar-refractivity contribution in [3.63, 3.8) is 0 Å². The molecule has 1 aromatic carbocycles. The quantitative estimate of drug-likeness (QED) is 0.883. The maximum atomic E-state index is 10.5. The van der Waals surface area contributed by atoms with Gasteiger partial charge in [0.25, 0.3) is 0 Å². The highest BCUT2D eigenvalue weighted by atomic mass is 79.9. The van der Waals surface area contributed by atoms with E-state index in [-0.39, 0.29) is 0 Å². The lowest BCUT2D eigenvalue weighted by molar-refractivity contribution is 0.223. The van der Waals surface area contributed by atoms with Crippen molar-refractivity contribution in [2.24, 2.45) is 0 Å². The number of aliphatic hydroxyl groups excluding tert-OH is 1. The van der Waals surface area contributed by atoms with Crippen LogP contribution in [-0.2, 0) is 0 Å². The standard InChI is InChI=1S/C15H15BrO3S/c1-9-11(16)8-14(20-9)15(17)10-3-4-12-13(7-10)19-6-2-5-18-12/h3-4,7-8,15,17H,2,5-6H2,1H3. The van der Waals surface area contributed by atoms with Crippen molar-refractivity contribution >= 4 is 27.3 Å². The Morgan fingerprint density at radius 3 is 2.65 bits per heavy atom. The van der Waals surface area contributed by atoms with Crippen LogP contribution >= 0.6 is 27.3 Å². The highest BCUT2D eigenvalue weighted by molar-refractivity contribution is 9.10. The molecule has 0 bridgehead atoms. The molecular weight excluding hydrogens is 340 g/mol. The van der Waals surface area contributed by atoms with Gasteiger partial charge in [0.05, 0.1) is 13.2 Å². The van der Waals surface area contributed by atoms with Crippen LogP contribution in [0.25, 0.3) is 0 Å². The lowest BCUT2D eigenvalue weighted by Crippen LogP contribution is -1.99. The predicted octanol–water partition coefficient (Wildman–Crippen LogP) is 4.06. The minimum Gasteiger partial charge on any atom is -0.490 e. The van der Waals surface area contributed by atoms with Crippen LogP contribution < -0.4 is 9.47 Å². The molecule has 0 fully saturated rings. The van der Waals surface area contributed by atoms with Crippen molar-refractivity contribution < 1.29 is 14.6 Å². The van der Waals surface area contributed by atoms with Gasteiger partial charge in [-0.1, -0.05) is 6.07 Å². The van der Waals surface area contributed by atoms with E-state index >= 15 is 0 Å². The summed E-state index contributed by atoms with van der Waals surface area (Å²) in [5, 5.41) is 10.5. The van der Waals surface area contributed by atoms with Crippen LogP contribution in [0.4, 0.5) is 0 Å². The first-order chi connectivity index (χ1) is 9.65. The van der Waals surface area contributed by atoms with Crippen LogP contribution in [-0.4, -0.2) is 18.3 Å². The van der Waals surface area contributed by atoms with Crippen LogP contribution in [0.2, 0.25) is 0 Å². The molecule has 1 aliphatic heterocycles. The average Bonchev–Trinajstić information content (AvgIpc) is 2.67. The molecule has 0 amide bonds. The molecule has 0 spiro atoms. The zero-order valence-electron chi connectivity index (χ0n) is 11.1.